The number of β-amino-alcohol motifs (C(OH)–C–C–N with tert-alkyl or cyclic N) is 1. The van der Waals surface area contributed by atoms with Gasteiger partial charge in [0.1, 0.15) is 0 Å². The molecule has 0 aromatic carbocycles. The van der Waals surface area contributed by atoms with Gasteiger partial charge in [0, 0.05) is 25.0 Å². The molecule has 1 saturated heterocycles. The minimum atomic E-state index is -0.222. The number of aliphatic hydroxyl groups is 2. The molecular weight excluding hydrogens is 180 g/mol. The van der Waals surface area contributed by atoms with Crippen LogP contribution in [0, 0.1) is 0 Å². The van der Waals surface area contributed by atoms with Crippen LogP contribution in [-0.2, 0) is 6.61 Å². The van der Waals surface area contributed by atoms with Gasteiger partial charge in [0.25, 0.3) is 0 Å². The Morgan fingerprint density at radius 2 is 2.43 bits per heavy atom. The summed E-state index contributed by atoms with van der Waals surface area (Å²) >= 11 is 0. The molecule has 1 aromatic heterocycles. The zero-order valence-corrected chi connectivity index (χ0v) is 7.93. The van der Waals surface area contributed by atoms with Gasteiger partial charge in [-0.15, -0.1) is 0 Å². The Bertz CT molecular complexity index is 317. The predicted molar refractivity (Wildman–Crippen MR) is 53.0 cm³/mol. The van der Waals surface area contributed by atoms with Crippen LogP contribution >= 0.6 is 0 Å². The van der Waals surface area contributed by atoms with Gasteiger partial charge in [0.2, 0.25) is 0 Å². The summed E-state index contributed by atoms with van der Waals surface area (Å²) in [6.07, 6.45) is 2.28. The quantitative estimate of drug-likeness (QED) is 0.703. The Morgan fingerprint density at radius 3 is 3.07 bits per heavy atom. The minimum absolute atomic E-state index is 0.0375. The van der Waals surface area contributed by atoms with Crippen LogP contribution in [0.15, 0.2) is 18.3 Å². The molecule has 4 nitrogen and oxygen atoms in total. The van der Waals surface area contributed by atoms with Crippen LogP contribution in [0.2, 0.25) is 0 Å². The van der Waals surface area contributed by atoms with Gasteiger partial charge in [0.15, 0.2) is 0 Å². The molecule has 1 aliphatic heterocycles. The van der Waals surface area contributed by atoms with E-state index in [-0.39, 0.29) is 12.7 Å². The van der Waals surface area contributed by atoms with Gasteiger partial charge < -0.3 is 15.1 Å². The normalized spacial score (nSPS) is 21.6. The van der Waals surface area contributed by atoms with Crippen molar-refractivity contribution in [2.75, 3.05) is 18.0 Å². The van der Waals surface area contributed by atoms with Crippen molar-refractivity contribution >= 4 is 5.69 Å². The van der Waals surface area contributed by atoms with Crippen LogP contribution < -0.4 is 4.90 Å². The number of nitrogens with zero attached hydrogens (tertiary/aromatic N) is 2. The number of pyridine rings is 1. The summed E-state index contributed by atoms with van der Waals surface area (Å²) in [5.74, 6) is 0. The third kappa shape index (κ3) is 1.86. The van der Waals surface area contributed by atoms with Crippen LogP contribution in [-0.4, -0.2) is 34.4 Å². The van der Waals surface area contributed by atoms with E-state index in [9.17, 15) is 5.11 Å². The molecule has 0 amide bonds. The first-order chi connectivity index (χ1) is 6.79. The van der Waals surface area contributed by atoms with Crippen molar-refractivity contribution in [3.05, 3.63) is 24.0 Å². The van der Waals surface area contributed by atoms with E-state index in [4.69, 9.17) is 5.11 Å². The molecule has 1 aliphatic rings. The topological polar surface area (TPSA) is 56.6 Å². The highest BCUT2D eigenvalue weighted by atomic mass is 16.3. The van der Waals surface area contributed by atoms with Gasteiger partial charge in [-0.25, -0.2) is 0 Å². The molecule has 2 rings (SSSR count). The molecule has 0 bridgehead atoms. The van der Waals surface area contributed by atoms with Gasteiger partial charge in [-0.2, -0.15) is 0 Å². The molecule has 2 heterocycles. The molecule has 1 fully saturated rings. The molecule has 0 radical (unpaired) electrons. The van der Waals surface area contributed by atoms with Crippen LogP contribution in [0.3, 0.4) is 0 Å². The van der Waals surface area contributed by atoms with E-state index in [1.807, 2.05) is 12.1 Å². The molecule has 4 heteroatoms. The van der Waals surface area contributed by atoms with Crippen LogP contribution in [0.1, 0.15) is 12.1 Å². The smallest absolute Gasteiger partial charge is 0.0853 e. The molecule has 0 aliphatic carbocycles. The van der Waals surface area contributed by atoms with E-state index in [1.165, 1.54) is 0 Å². The molecule has 1 atom stereocenters. The lowest BCUT2D eigenvalue weighted by Crippen LogP contribution is -2.21. The Balaban J connectivity index is 2.15. The largest absolute Gasteiger partial charge is 0.391 e. The van der Waals surface area contributed by atoms with Crippen molar-refractivity contribution in [3.8, 4) is 0 Å². The number of aliphatic hydroxyl groups excluding tert-OH is 2. The SMILES string of the molecule is OCc1cc(N2CCC(O)C2)ccn1. The first-order valence-electron chi connectivity index (χ1n) is 4.78. The fraction of sp³-hybridized carbons (Fsp3) is 0.500. The van der Waals surface area contributed by atoms with Crippen molar-refractivity contribution in [1.82, 2.24) is 4.98 Å². The molecule has 0 saturated carbocycles. The molecule has 0 spiro atoms. The second-order valence-electron chi connectivity index (χ2n) is 3.55. The van der Waals surface area contributed by atoms with Gasteiger partial charge in [-0.3, -0.25) is 4.98 Å². The summed E-state index contributed by atoms with van der Waals surface area (Å²) in [5, 5.41) is 18.3. The fourth-order valence-corrected chi connectivity index (χ4v) is 1.72. The van der Waals surface area contributed by atoms with E-state index in [0.717, 1.165) is 18.7 Å². The lowest BCUT2D eigenvalue weighted by atomic mass is 10.3. The Morgan fingerprint density at radius 1 is 1.57 bits per heavy atom. The number of aromatic nitrogens is 1. The molecular formula is C10H14N2O2. The van der Waals surface area contributed by atoms with Gasteiger partial charge in [-0.05, 0) is 18.6 Å². The number of rotatable bonds is 2. The summed E-state index contributed by atoms with van der Waals surface area (Å²) in [6.45, 7) is 1.51. The summed E-state index contributed by atoms with van der Waals surface area (Å²) in [5.41, 5.74) is 1.70. The van der Waals surface area contributed by atoms with Crippen molar-refractivity contribution in [3.63, 3.8) is 0 Å². The van der Waals surface area contributed by atoms with Crippen molar-refractivity contribution in [2.24, 2.45) is 0 Å². The Kier molecular flexibility index (Phi) is 2.65. The van der Waals surface area contributed by atoms with E-state index in [0.29, 0.717) is 12.2 Å². The van der Waals surface area contributed by atoms with Gasteiger partial charge >= 0.3 is 0 Å². The van der Waals surface area contributed by atoms with Crippen LogP contribution in [0.4, 0.5) is 5.69 Å². The van der Waals surface area contributed by atoms with Crippen LogP contribution in [0.25, 0.3) is 0 Å². The Hall–Kier alpha value is -1.13. The number of anilines is 1. The summed E-state index contributed by atoms with van der Waals surface area (Å²) in [7, 11) is 0. The van der Waals surface area contributed by atoms with E-state index >= 15 is 0 Å². The highest BCUT2D eigenvalue weighted by Gasteiger charge is 2.20. The van der Waals surface area contributed by atoms with Gasteiger partial charge in [0.05, 0.1) is 18.4 Å². The predicted octanol–water partition coefficient (Wildman–Crippen LogP) is 0.145. The monoisotopic (exact) mass is 194 g/mol. The summed E-state index contributed by atoms with van der Waals surface area (Å²) < 4.78 is 0. The highest BCUT2D eigenvalue weighted by molar-refractivity contribution is 5.47. The average Bonchev–Trinajstić information content (AvgIpc) is 2.65. The van der Waals surface area contributed by atoms with Crippen molar-refractivity contribution in [2.45, 2.75) is 19.1 Å². The third-order valence-corrected chi connectivity index (χ3v) is 2.49. The summed E-state index contributed by atoms with van der Waals surface area (Å²) in [6, 6.07) is 3.76. The zero-order valence-electron chi connectivity index (χ0n) is 7.93. The maximum Gasteiger partial charge on any atom is 0.0853 e. The summed E-state index contributed by atoms with van der Waals surface area (Å²) in [4.78, 5) is 6.11. The number of hydrogen-bond donors (Lipinski definition) is 2. The van der Waals surface area contributed by atoms with Crippen LogP contribution in [0.5, 0.6) is 0 Å². The number of hydrogen-bond acceptors (Lipinski definition) is 4. The molecule has 2 N–H and O–H groups in total. The molecule has 1 unspecified atom stereocenters. The second-order valence-corrected chi connectivity index (χ2v) is 3.55. The molecule has 14 heavy (non-hydrogen) atoms. The third-order valence-electron chi connectivity index (χ3n) is 2.49. The molecule has 1 aromatic rings. The van der Waals surface area contributed by atoms with E-state index in [1.54, 1.807) is 6.20 Å². The fourth-order valence-electron chi connectivity index (χ4n) is 1.72. The molecule has 76 valence electrons. The first-order valence-corrected chi connectivity index (χ1v) is 4.78. The average molecular weight is 194 g/mol. The first kappa shape index (κ1) is 9.43. The van der Waals surface area contributed by atoms with Crippen molar-refractivity contribution < 1.29 is 10.2 Å². The standard InChI is InChI=1S/C10H14N2O2/c13-7-8-5-9(1-3-11-8)12-4-2-10(14)6-12/h1,3,5,10,13-14H,2,4,6-7H2. The Labute approximate surface area is 82.8 Å². The second kappa shape index (κ2) is 3.94. The lowest BCUT2D eigenvalue weighted by Gasteiger charge is -2.17. The minimum Gasteiger partial charge on any atom is -0.391 e. The lowest BCUT2D eigenvalue weighted by molar-refractivity contribution is 0.198. The van der Waals surface area contributed by atoms with E-state index in [2.05, 4.69) is 9.88 Å². The maximum absolute atomic E-state index is 9.38. The van der Waals surface area contributed by atoms with Crippen molar-refractivity contribution in [1.29, 1.82) is 0 Å². The highest BCUT2D eigenvalue weighted by Crippen LogP contribution is 2.20. The maximum atomic E-state index is 9.38. The zero-order chi connectivity index (χ0) is 9.97. The van der Waals surface area contributed by atoms with E-state index < -0.39 is 0 Å². The van der Waals surface area contributed by atoms with Gasteiger partial charge in [-0.1, -0.05) is 0 Å².